The average Bonchev–Trinajstić information content (AvgIpc) is 2.68. The van der Waals surface area contributed by atoms with E-state index in [9.17, 15) is 13.2 Å². The second-order valence-corrected chi connectivity index (χ2v) is 9.19. The van der Waals surface area contributed by atoms with Gasteiger partial charge in [0.15, 0.2) is 0 Å². The van der Waals surface area contributed by atoms with E-state index in [0.29, 0.717) is 31.0 Å². The number of carbonyl (C=O) groups excluding carboxylic acids is 1. The summed E-state index contributed by atoms with van der Waals surface area (Å²) in [6.45, 7) is 1.11. The van der Waals surface area contributed by atoms with Gasteiger partial charge in [0.1, 0.15) is 0 Å². The third-order valence-electron chi connectivity index (χ3n) is 4.72. The first-order chi connectivity index (χ1) is 12.9. The van der Waals surface area contributed by atoms with Gasteiger partial charge in [-0.15, -0.1) is 0 Å². The third-order valence-corrected chi connectivity index (χ3v) is 6.79. The van der Waals surface area contributed by atoms with Crippen LogP contribution in [0, 0.1) is 5.92 Å². The first kappa shape index (κ1) is 19.9. The Morgan fingerprint density at radius 3 is 2.48 bits per heavy atom. The number of piperidine rings is 1. The SMILES string of the molecule is O=C(NCc1ccc(Cl)cc1)C1CCCN(S(=O)(=O)Cc2ccccc2)C1. The number of nitrogens with zero attached hydrogens (tertiary/aromatic N) is 1. The van der Waals surface area contributed by atoms with Crippen LogP contribution in [0.5, 0.6) is 0 Å². The summed E-state index contributed by atoms with van der Waals surface area (Å²) >= 11 is 5.86. The maximum absolute atomic E-state index is 12.7. The van der Waals surface area contributed by atoms with Gasteiger partial charge in [-0.05, 0) is 36.1 Å². The Balaban J connectivity index is 1.58. The van der Waals surface area contributed by atoms with Gasteiger partial charge in [0.2, 0.25) is 15.9 Å². The minimum absolute atomic E-state index is 0.0348. The van der Waals surface area contributed by atoms with Gasteiger partial charge in [-0.2, -0.15) is 0 Å². The number of hydrogen-bond donors (Lipinski definition) is 1. The largest absolute Gasteiger partial charge is 0.352 e. The summed E-state index contributed by atoms with van der Waals surface area (Å²) in [7, 11) is -3.44. The van der Waals surface area contributed by atoms with Gasteiger partial charge in [-0.1, -0.05) is 54.1 Å². The third kappa shape index (κ3) is 5.54. The van der Waals surface area contributed by atoms with Crippen LogP contribution in [0.15, 0.2) is 54.6 Å². The van der Waals surface area contributed by atoms with E-state index in [1.54, 1.807) is 24.3 Å². The van der Waals surface area contributed by atoms with Gasteiger partial charge in [-0.25, -0.2) is 12.7 Å². The summed E-state index contributed by atoms with van der Waals surface area (Å²) in [4.78, 5) is 12.5. The molecule has 27 heavy (non-hydrogen) atoms. The van der Waals surface area contributed by atoms with Crippen LogP contribution in [0.25, 0.3) is 0 Å². The Hall–Kier alpha value is -1.89. The summed E-state index contributed by atoms with van der Waals surface area (Å²) in [5.74, 6) is -0.464. The van der Waals surface area contributed by atoms with E-state index in [-0.39, 0.29) is 24.1 Å². The van der Waals surface area contributed by atoms with Gasteiger partial charge in [0.25, 0.3) is 0 Å². The number of amides is 1. The summed E-state index contributed by atoms with van der Waals surface area (Å²) in [6.07, 6.45) is 1.39. The van der Waals surface area contributed by atoms with Crippen molar-refractivity contribution in [2.45, 2.75) is 25.1 Å². The van der Waals surface area contributed by atoms with Crippen LogP contribution in [-0.4, -0.2) is 31.7 Å². The molecule has 1 atom stereocenters. The van der Waals surface area contributed by atoms with E-state index in [2.05, 4.69) is 5.32 Å². The fourth-order valence-electron chi connectivity index (χ4n) is 3.22. The van der Waals surface area contributed by atoms with Crippen molar-refractivity contribution in [3.8, 4) is 0 Å². The normalized spacial score (nSPS) is 18.2. The molecule has 3 rings (SSSR count). The Labute approximate surface area is 165 Å². The predicted octanol–water partition coefficient (Wildman–Crippen LogP) is 3.20. The average molecular weight is 407 g/mol. The van der Waals surface area contributed by atoms with Crippen molar-refractivity contribution in [3.63, 3.8) is 0 Å². The molecular formula is C20H23ClN2O3S. The van der Waals surface area contributed by atoms with Crippen molar-refractivity contribution in [1.82, 2.24) is 9.62 Å². The van der Waals surface area contributed by atoms with E-state index in [1.165, 1.54) is 4.31 Å². The van der Waals surface area contributed by atoms with Crippen LogP contribution in [0.4, 0.5) is 0 Å². The van der Waals surface area contributed by atoms with Crippen molar-refractivity contribution in [3.05, 3.63) is 70.7 Å². The smallest absolute Gasteiger partial charge is 0.224 e. The number of nitrogens with one attached hydrogen (secondary N) is 1. The molecular weight excluding hydrogens is 384 g/mol. The van der Waals surface area contributed by atoms with Crippen LogP contribution in [0.1, 0.15) is 24.0 Å². The van der Waals surface area contributed by atoms with E-state index in [4.69, 9.17) is 11.6 Å². The topological polar surface area (TPSA) is 66.5 Å². The van der Waals surface area contributed by atoms with Gasteiger partial charge in [-0.3, -0.25) is 4.79 Å². The second kappa shape index (κ2) is 8.87. The second-order valence-electron chi connectivity index (χ2n) is 6.78. The molecule has 0 bridgehead atoms. The van der Waals surface area contributed by atoms with Crippen LogP contribution < -0.4 is 5.32 Å². The van der Waals surface area contributed by atoms with Crippen molar-refractivity contribution < 1.29 is 13.2 Å². The molecule has 2 aromatic rings. The number of sulfonamides is 1. The zero-order valence-electron chi connectivity index (χ0n) is 15.0. The summed E-state index contributed by atoms with van der Waals surface area (Å²) in [5.41, 5.74) is 1.71. The predicted molar refractivity (Wildman–Crippen MR) is 107 cm³/mol. The summed E-state index contributed by atoms with van der Waals surface area (Å²) in [6, 6.07) is 16.4. The van der Waals surface area contributed by atoms with E-state index < -0.39 is 10.0 Å². The molecule has 144 valence electrons. The molecule has 0 saturated carbocycles. The standard InChI is InChI=1S/C20H23ClN2O3S/c21-19-10-8-16(9-11-19)13-22-20(24)18-7-4-12-23(14-18)27(25,26)15-17-5-2-1-3-6-17/h1-3,5-6,8-11,18H,4,7,12-15H2,(H,22,24). The van der Waals surface area contributed by atoms with Crippen molar-refractivity contribution >= 4 is 27.5 Å². The molecule has 7 heteroatoms. The van der Waals surface area contributed by atoms with E-state index in [1.807, 2.05) is 30.3 Å². The lowest BCUT2D eigenvalue weighted by molar-refractivity contribution is -0.126. The molecule has 1 unspecified atom stereocenters. The van der Waals surface area contributed by atoms with Gasteiger partial charge < -0.3 is 5.32 Å². The van der Waals surface area contributed by atoms with Crippen molar-refractivity contribution in [2.24, 2.45) is 5.92 Å². The van der Waals surface area contributed by atoms with Gasteiger partial charge in [0.05, 0.1) is 11.7 Å². The van der Waals surface area contributed by atoms with Gasteiger partial charge in [0, 0.05) is 24.7 Å². The van der Waals surface area contributed by atoms with E-state index >= 15 is 0 Å². The molecule has 0 spiro atoms. The minimum Gasteiger partial charge on any atom is -0.352 e. The number of carbonyl (C=O) groups is 1. The fraction of sp³-hybridized carbons (Fsp3) is 0.350. The molecule has 1 aliphatic heterocycles. The highest BCUT2D eigenvalue weighted by Crippen LogP contribution is 2.22. The molecule has 5 nitrogen and oxygen atoms in total. The lowest BCUT2D eigenvalue weighted by Gasteiger charge is -2.31. The minimum atomic E-state index is -3.44. The molecule has 0 aromatic heterocycles. The maximum atomic E-state index is 12.7. The molecule has 0 radical (unpaired) electrons. The quantitative estimate of drug-likeness (QED) is 0.801. The zero-order chi connectivity index (χ0) is 19.3. The Kier molecular flexibility index (Phi) is 6.52. The van der Waals surface area contributed by atoms with Crippen LogP contribution in [-0.2, 0) is 27.1 Å². The first-order valence-corrected chi connectivity index (χ1v) is 11.0. The summed E-state index contributed by atoms with van der Waals surface area (Å²) < 4.78 is 26.9. The Morgan fingerprint density at radius 1 is 1.07 bits per heavy atom. The Bertz CT molecular complexity index is 870. The highest BCUT2D eigenvalue weighted by molar-refractivity contribution is 7.88. The molecule has 1 N–H and O–H groups in total. The highest BCUT2D eigenvalue weighted by Gasteiger charge is 2.32. The number of rotatable bonds is 6. The molecule has 1 fully saturated rings. The molecule has 1 heterocycles. The van der Waals surface area contributed by atoms with Crippen molar-refractivity contribution in [1.29, 1.82) is 0 Å². The molecule has 0 aliphatic carbocycles. The number of hydrogen-bond acceptors (Lipinski definition) is 3. The van der Waals surface area contributed by atoms with Gasteiger partial charge >= 0.3 is 0 Å². The van der Waals surface area contributed by atoms with Crippen LogP contribution >= 0.6 is 11.6 Å². The monoisotopic (exact) mass is 406 g/mol. The zero-order valence-corrected chi connectivity index (χ0v) is 16.5. The molecule has 2 aromatic carbocycles. The lowest BCUT2D eigenvalue weighted by Crippen LogP contribution is -2.45. The molecule has 1 amide bonds. The molecule has 1 aliphatic rings. The Morgan fingerprint density at radius 2 is 1.78 bits per heavy atom. The molecule has 1 saturated heterocycles. The van der Waals surface area contributed by atoms with E-state index in [0.717, 1.165) is 11.1 Å². The van der Waals surface area contributed by atoms with Crippen LogP contribution in [0.2, 0.25) is 5.02 Å². The maximum Gasteiger partial charge on any atom is 0.224 e. The number of halogens is 1. The summed E-state index contributed by atoms with van der Waals surface area (Å²) in [5, 5.41) is 3.56. The highest BCUT2D eigenvalue weighted by atomic mass is 35.5. The van der Waals surface area contributed by atoms with Crippen molar-refractivity contribution in [2.75, 3.05) is 13.1 Å². The van der Waals surface area contributed by atoms with Crippen LogP contribution in [0.3, 0.4) is 0 Å². The fourth-order valence-corrected chi connectivity index (χ4v) is 4.96. The first-order valence-electron chi connectivity index (χ1n) is 8.98. The number of benzene rings is 2. The lowest BCUT2D eigenvalue weighted by atomic mass is 9.99.